The number of hydrogen-bond donors (Lipinski definition) is 4. The van der Waals surface area contributed by atoms with E-state index in [1.165, 1.54) is 4.57 Å². The minimum atomic E-state index is -1.12. The van der Waals surface area contributed by atoms with Crippen LogP contribution in [0.3, 0.4) is 0 Å². The van der Waals surface area contributed by atoms with Crippen molar-refractivity contribution < 1.29 is 19.4 Å². The Labute approximate surface area is 256 Å². The fourth-order valence-corrected chi connectivity index (χ4v) is 4.69. The van der Waals surface area contributed by atoms with Crippen molar-refractivity contribution in [1.29, 1.82) is 0 Å². The first kappa shape index (κ1) is 31.8. The van der Waals surface area contributed by atoms with Gasteiger partial charge in [0.05, 0.1) is 5.60 Å². The predicted molar refractivity (Wildman–Crippen MR) is 173 cm³/mol. The summed E-state index contributed by atoms with van der Waals surface area (Å²) < 4.78 is 7.69. The molecule has 2 amide bonds. The zero-order chi connectivity index (χ0) is 32.0. The topological polar surface area (TPSA) is 125 Å². The Bertz CT molecular complexity index is 1830. The summed E-state index contributed by atoms with van der Waals surface area (Å²) in [6.45, 7) is 7.63. The van der Waals surface area contributed by atoms with Gasteiger partial charge >= 0.3 is 0 Å². The number of para-hydroxylation sites is 1. The third-order valence-corrected chi connectivity index (χ3v) is 7.05. The van der Waals surface area contributed by atoms with Crippen LogP contribution in [0.5, 0.6) is 11.5 Å². The lowest BCUT2D eigenvalue weighted by atomic mass is 9.93. The third-order valence-electron chi connectivity index (χ3n) is 7.05. The van der Waals surface area contributed by atoms with Crippen LogP contribution in [0.4, 0.5) is 0 Å². The number of carbonyl (C=O) groups excluding carboxylic acids is 2. The Morgan fingerprint density at radius 2 is 1.61 bits per heavy atom. The van der Waals surface area contributed by atoms with Crippen LogP contribution in [-0.4, -0.2) is 33.5 Å². The fourth-order valence-electron chi connectivity index (χ4n) is 4.69. The summed E-state index contributed by atoms with van der Waals surface area (Å²) in [5.74, 6) is 0.585. The maximum Gasteiger partial charge on any atom is 0.274 e. The van der Waals surface area contributed by atoms with E-state index in [1.54, 1.807) is 76.6 Å². The van der Waals surface area contributed by atoms with Crippen molar-refractivity contribution in [3.63, 3.8) is 0 Å². The van der Waals surface area contributed by atoms with Crippen LogP contribution in [0.1, 0.15) is 59.7 Å². The quantitative estimate of drug-likeness (QED) is 0.179. The summed E-state index contributed by atoms with van der Waals surface area (Å²) in [7, 11) is 3.21. The highest BCUT2D eigenvalue weighted by Gasteiger charge is 2.22. The number of aromatic nitrogens is 2. The summed E-state index contributed by atoms with van der Waals surface area (Å²) in [5, 5.41) is 16.8. The molecule has 0 fully saturated rings. The summed E-state index contributed by atoms with van der Waals surface area (Å²) in [6.07, 6.45) is 1.70. The Hall–Kier alpha value is -5.15. The number of carbonyl (C=O) groups is 2. The largest absolute Gasteiger partial charge is 0.457 e. The van der Waals surface area contributed by atoms with Gasteiger partial charge in [-0.1, -0.05) is 50.2 Å². The molecule has 5 rings (SSSR count). The SMILES string of the molecule is CC.CNC(=O)c1ccc(CNC(=O)c2cc3c(-c4cc(C(C)(C)O)ccc4Oc4ccccc4)cn(C)c(=O)c3[nH]2)cc1. The summed E-state index contributed by atoms with van der Waals surface area (Å²) >= 11 is 0. The van der Waals surface area contributed by atoms with E-state index in [0.29, 0.717) is 39.1 Å². The Morgan fingerprint density at radius 1 is 0.932 bits per heavy atom. The first-order valence-electron chi connectivity index (χ1n) is 14.5. The van der Waals surface area contributed by atoms with Gasteiger partial charge in [0, 0.05) is 48.9 Å². The van der Waals surface area contributed by atoms with Crippen LogP contribution < -0.4 is 20.9 Å². The van der Waals surface area contributed by atoms with Crippen molar-refractivity contribution in [2.45, 2.75) is 39.8 Å². The van der Waals surface area contributed by atoms with Crippen LogP contribution in [0.2, 0.25) is 0 Å². The van der Waals surface area contributed by atoms with Crippen LogP contribution in [0, 0.1) is 0 Å². The van der Waals surface area contributed by atoms with Gasteiger partial charge in [0.2, 0.25) is 0 Å². The number of nitrogens with one attached hydrogen (secondary N) is 3. The molecule has 0 aliphatic carbocycles. The molecule has 228 valence electrons. The average Bonchev–Trinajstić information content (AvgIpc) is 3.49. The van der Waals surface area contributed by atoms with E-state index in [4.69, 9.17) is 4.74 Å². The van der Waals surface area contributed by atoms with Crippen LogP contribution in [0.25, 0.3) is 22.0 Å². The zero-order valence-corrected chi connectivity index (χ0v) is 25.8. The van der Waals surface area contributed by atoms with Gasteiger partial charge in [0.15, 0.2) is 0 Å². The lowest BCUT2D eigenvalue weighted by Gasteiger charge is -2.21. The average molecular weight is 595 g/mol. The van der Waals surface area contributed by atoms with Gasteiger partial charge in [-0.25, -0.2) is 0 Å². The number of H-pyrrole nitrogens is 1. The van der Waals surface area contributed by atoms with Crippen LogP contribution in [0.15, 0.2) is 89.9 Å². The second-order valence-electron chi connectivity index (χ2n) is 10.6. The maximum atomic E-state index is 13.2. The highest BCUT2D eigenvalue weighted by molar-refractivity contribution is 6.03. The minimum absolute atomic E-state index is 0.188. The van der Waals surface area contributed by atoms with E-state index in [9.17, 15) is 19.5 Å². The zero-order valence-electron chi connectivity index (χ0n) is 25.8. The molecule has 9 heteroatoms. The molecule has 0 aliphatic heterocycles. The molecule has 3 aromatic carbocycles. The van der Waals surface area contributed by atoms with Crippen molar-refractivity contribution in [3.8, 4) is 22.6 Å². The van der Waals surface area contributed by atoms with Crippen molar-refractivity contribution in [2.24, 2.45) is 7.05 Å². The van der Waals surface area contributed by atoms with Gasteiger partial charge in [-0.3, -0.25) is 14.4 Å². The molecule has 2 aromatic heterocycles. The second-order valence-corrected chi connectivity index (χ2v) is 10.6. The third kappa shape index (κ3) is 6.90. The lowest BCUT2D eigenvalue weighted by Crippen LogP contribution is -2.23. The van der Waals surface area contributed by atoms with Crippen LogP contribution in [-0.2, 0) is 19.2 Å². The number of ether oxygens (including phenoxy) is 1. The number of hydrogen-bond acceptors (Lipinski definition) is 5. The number of amides is 2. The summed E-state index contributed by atoms with van der Waals surface area (Å²) in [5.41, 5.74) is 2.39. The smallest absolute Gasteiger partial charge is 0.274 e. The molecule has 0 atom stereocenters. The Morgan fingerprint density at radius 3 is 2.25 bits per heavy atom. The van der Waals surface area contributed by atoms with Gasteiger partial charge in [-0.05, 0) is 67.4 Å². The molecular formula is C35H38N4O5. The Balaban J connectivity index is 0.00000216. The predicted octanol–water partition coefficient (Wildman–Crippen LogP) is 5.87. The molecule has 0 radical (unpaired) electrons. The number of aliphatic hydroxyl groups is 1. The standard InChI is InChI=1S/C33H32N4O5.C2H6/c1-33(2,41)22-14-15-28(42-23-8-6-5-7-9-23)24(16-22)26-19-37(4)32(40)29-25(26)17-27(36-29)31(39)35-18-20-10-12-21(13-11-20)30(38)34-3;1-2/h5-17,19,36,41H,18H2,1-4H3,(H,34,38)(H,35,39);1-2H3. The van der Waals surface area contributed by atoms with Gasteiger partial charge in [-0.2, -0.15) is 0 Å². The molecule has 0 saturated heterocycles. The van der Waals surface area contributed by atoms with Crippen molar-refractivity contribution in [2.75, 3.05) is 7.05 Å². The highest BCUT2D eigenvalue weighted by Crippen LogP contribution is 2.39. The molecule has 4 N–H and O–H groups in total. The molecule has 0 saturated carbocycles. The van der Waals surface area contributed by atoms with Gasteiger partial charge in [-0.15, -0.1) is 0 Å². The fraction of sp³-hybridized carbons (Fsp3) is 0.229. The molecule has 0 aliphatic rings. The highest BCUT2D eigenvalue weighted by atomic mass is 16.5. The van der Waals surface area contributed by atoms with Gasteiger partial charge in [0.1, 0.15) is 22.7 Å². The molecular weight excluding hydrogens is 556 g/mol. The minimum Gasteiger partial charge on any atom is -0.457 e. The van der Waals surface area contributed by atoms with E-state index >= 15 is 0 Å². The molecule has 44 heavy (non-hydrogen) atoms. The van der Waals surface area contributed by atoms with Crippen molar-refractivity contribution in [1.82, 2.24) is 20.2 Å². The lowest BCUT2D eigenvalue weighted by molar-refractivity contribution is 0.0785. The van der Waals surface area contributed by atoms with E-state index in [1.807, 2.05) is 50.2 Å². The number of pyridine rings is 1. The first-order chi connectivity index (χ1) is 21.0. The summed E-state index contributed by atoms with van der Waals surface area (Å²) in [4.78, 5) is 41.1. The first-order valence-corrected chi connectivity index (χ1v) is 14.5. The van der Waals surface area contributed by atoms with E-state index in [2.05, 4.69) is 15.6 Å². The maximum absolute atomic E-state index is 13.2. The molecule has 0 bridgehead atoms. The van der Waals surface area contributed by atoms with E-state index < -0.39 is 5.60 Å². The number of benzene rings is 3. The van der Waals surface area contributed by atoms with E-state index in [0.717, 1.165) is 5.56 Å². The molecule has 0 spiro atoms. The second kappa shape index (κ2) is 13.4. The number of fused-ring (bicyclic) bond motifs is 1. The molecule has 9 nitrogen and oxygen atoms in total. The van der Waals surface area contributed by atoms with Crippen molar-refractivity contribution >= 4 is 22.7 Å². The number of nitrogens with zero attached hydrogens (tertiary/aromatic N) is 1. The van der Waals surface area contributed by atoms with Crippen LogP contribution >= 0.6 is 0 Å². The number of aryl methyl sites for hydroxylation is 1. The molecule has 5 aromatic rings. The summed E-state index contributed by atoms with van der Waals surface area (Å²) in [6, 6.07) is 23.3. The Kier molecular flexibility index (Phi) is 9.70. The van der Waals surface area contributed by atoms with Gasteiger partial charge < -0.3 is 30.0 Å². The van der Waals surface area contributed by atoms with E-state index in [-0.39, 0.29) is 35.1 Å². The number of aromatic amines is 1. The van der Waals surface area contributed by atoms with Gasteiger partial charge in [0.25, 0.3) is 17.4 Å². The normalized spacial score (nSPS) is 11.0. The molecule has 2 heterocycles. The number of rotatable bonds is 8. The monoisotopic (exact) mass is 594 g/mol. The van der Waals surface area contributed by atoms with Crippen molar-refractivity contribution in [3.05, 3.63) is 118 Å². The molecule has 0 unspecified atom stereocenters.